The minimum atomic E-state index is -1.20. The Hall–Kier alpha value is -3.26. The number of thiazole rings is 1. The Morgan fingerprint density at radius 3 is 2.27 bits per heavy atom. The summed E-state index contributed by atoms with van der Waals surface area (Å²) in [6.45, 7) is 0. The van der Waals surface area contributed by atoms with Gasteiger partial charge in [0.05, 0.1) is 17.7 Å². The van der Waals surface area contributed by atoms with Crippen molar-refractivity contribution >= 4 is 23.0 Å². The van der Waals surface area contributed by atoms with Crippen LogP contribution in [0, 0.1) is 10.1 Å². The molecule has 8 heteroatoms. The Balaban J connectivity index is 2.03. The minimum Gasteiger partial charge on any atom is -0.550 e. The van der Waals surface area contributed by atoms with Crippen molar-refractivity contribution in [1.82, 2.24) is 4.98 Å². The van der Waals surface area contributed by atoms with Crippen molar-refractivity contribution in [3.8, 4) is 27.6 Å². The van der Waals surface area contributed by atoms with Gasteiger partial charge in [0.2, 0.25) is 0 Å². The van der Waals surface area contributed by atoms with E-state index in [0.717, 1.165) is 5.56 Å². The largest absolute Gasteiger partial charge is 0.550 e. The summed E-state index contributed by atoms with van der Waals surface area (Å²) in [5.41, 5.74) is 1.97. The lowest BCUT2D eigenvalue weighted by atomic mass is 10.1. The Morgan fingerprint density at radius 1 is 1.12 bits per heavy atom. The monoisotopic (exact) mass is 369 g/mol. The van der Waals surface area contributed by atoms with E-state index in [0.29, 0.717) is 26.9 Å². The summed E-state index contributed by atoms with van der Waals surface area (Å²) in [6.07, 6.45) is -0.258. The number of nitrogens with zero attached hydrogens (tertiary/aromatic N) is 2. The second-order valence-electron chi connectivity index (χ2n) is 5.37. The number of non-ortho nitro benzene ring substituents is 1. The fraction of sp³-hybridized carbons (Fsp3) is 0.111. The standard InChI is InChI=1S/C18H14N2O5S/c1-25-14-8-4-11(5-9-14)17-15(10-16(21)22)26-18(19-17)12-2-6-13(7-3-12)20(23)24/h2-9H,10H2,1H3,(H,21,22)/p-1. The van der Waals surface area contributed by atoms with Crippen molar-refractivity contribution in [2.75, 3.05) is 7.11 Å². The lowest BCUT2D eigenvalue weighted by Crippen LogP contribution is -2.24. The highest BCUT2D eigenvalue weighted by Crippen LogP contribution is 2.35. The first kappa shape index (κ1) is 17.6. The number of nitro groups is 1. The smallest absolute Gasteiger partial charge is 0.269 e. The molecular weight excluding hydrogens is 356 g/mol. The van der Waals surface area contributed by atoms with Crippen LogP contribution in [0.4, 0.5) is 5.69 Å². The van der Waals surface area contributed by atoms with Crippen molar-refractivity contribution < 1.29 is 19.6 Å². The van der Waals surface area contributed by atoms with Crippen molar-refractivity contribution in [2.45, 2.75) is 6.42 Å². The molecule has 0 aliphatic rings. The zero-order chi connectivity index (χ0) is 18.7. The summed E-state index contributed by atoms with van der Waals surface area (Å²) in [7, 11) is 1.56. The summed E-state index contributed by atoms with van der Waals surface area (Å²) < 4.78 is 5.13. The molecule has 7 nitrogen and oxygen atoms in total. The topological polar surface area (TPSA) is 105 Å². The van der Waals surface area contributed by atoms with Crippen LogP contribution in [0.5, 0.6) is 5.75 Å². The van der Waals surface area contributed by atoms with Crippen LogP contribution in [0.15, 0.2) is 48.5 Å². The van der Waals surface area contributed by atoms with Crippen LogP contribution in [0.25, 0.3) is 21.8 Å². The number of ether oxygens (including phenoxy) is 1. The van der Waals surface area contributed by atoms with Crippen LogP contribution in [0.1, 0.15) is 4.88 Å². The van der Waals surface area contributed by atoms with Gasteiger partial charge in [-0.05, 0) is 36.4 Å². The van der Waals surface area contributed by atoms with Gasteiger partial charge in [-0.25, -0.2) is 4.98 Å². The first-order valence-electron chi connectivity index (χ1n) is 7.56. The maximum absolute atomic E-state index is 11.1. The zero-order valence-corrected chi connectivity index (χ0v) is 14.5. The summed E-state index contributed by atoms with van der Waals surface area (Å²) in [6, 6.07) is 13.1. The average molecular weight is 369 g/mol. The molecule has 0 radical (unpaired) electrons. The molecule has 3 aromatic rings. The van der Waals surface area contributed by atoms with Gasteiger partial charge in [-0.2, -0.15) is 0 Å². The Morgan fingerprint density at radius 2 is 1.73 bits per heavy atom. The molecule has 0 N–H and O–H groups in total. The molecule has 0 unspecified atom stereocenters. The SMILES string of the molecule is COc1ccc(-c2nc(-c3ccc([N+](=O)[O-])cc3)sc2CC(=O)[O-])cc1. The van der Waals surface area contributed by atoms with Gasteiger partial charge < -0.3 is 14.6 Å². The summed E-state index contributed by atoms with van der Waals surface area (Å²) in [4.78, 5) is 26.5. The van der Waals surface area contributed by atoms with Crippen LogP contribution < -0.4 is 9.84 Å². The van der Waals surface area contributed by atoms with Crippen LogP contribution in [0.3, 0.4) is 0 Å². The third-order valence-electron chi connectivity index (χ3n) is 3.69. The molecule has 0 bridgehead atoms. The van der Waals surface area contributed by atoms with E-state index in [4.69, 9.17) is 4.74 Å². The van der Waals surface area contributed by atoms with Gasteiger partial charge >= 0.3 is 0 Å². The lowest BCUT2D eigenvalue weighted by Gasteiger charge is -2.04. The third kappa shape index (κ3) is 3.70. The fourth-order valence-corrected chi connectivity index (χ4v) is 3.50. The molecule has 3 rings (SSSR count). The summed E-state index contributed by atoms with van der Waals surface area (Å²) in [5, 5.41) is 22.5. The number of aliphatic carboxylic acids is 1. The van der Waals surface area contributed by atoms with Crippen LogP contribution in [-0.2, 0) is 11.2 Å². The van der Waals surface area contributed by atoms with Crippen molar-refractivity contribution in [1.29, 1.82) is 0 Å². The number of hydrogen-bond donors (Lipinski definition) is 0. The van der Waals surface area contributed by atoms with E-state index in [1.165, 1.54) is 23.5 Å². The van der Waals surface area contributed by atoms with Gasteiger partial charge in [0.25, 0.3) is 5.69 Å². The summed E-state index contributed by atoms with van der Waals surface area (Å²) in [5.74, 6) is -0.514. The average Bonchev–Trinajstić information content (AvgIpc) is 3.05. The minimum absolute atomic E-state index is 0.0179. The van der Waals surface area contributed by atoms with Crippen molar-refractivity contribution in [3.63, 3.8) is 0 Å². The number of hydrogen-bond acceptors (Lipinski definition) is 7. The normalized spacial score (nSPS) is 10.5. The number of carboxylic acids is 1. The lowest BCUT2D eigenvalue weighted by molar-refractivity contribution is -0.384. The molecule has 0 spiro atoms. The van der Waals surface area contributed by atoms with Crippen molar-refractivity contribution in [2.24, 2.45) is 0 Å². The predicted octanol–water partition coefficient (Wildman–Crippen LogP) is 2.69. The quantitative estimate of drug-likeness (QED) is 0.488. The van der Waals surface area contributed by atoms with Gasteiger partial charge in [0.1, 0.15) is 10.8 Å². The Kier molecular flexibility index (Phi) is 4.94. The molecule has 1 heterocycles. The molecule has 0 saturated carbocycles. The van der Waals surface area contributed by atoms with E-state index in [1.54, 1.807) is 43.5 Å². The highest BCUT2D eigenvalue weighted by Gasteiger charge is 2.16. The van der Waals surface area contributed by atoms with E-state index in [9.17, 15) is 20.0 Å². The number of carbonyl (C=O) groups excluding carboxylic acids is 1. The highest BCUT2D eigenvalue weighted by molar-refractivity contribution is 7.15. The number of aromatic nitrogens is 1. The van der Waals surface area contributed by atoms with Crippen molar-refractivity contribution in [3.05, 3.63) is 63.5 Å². The molecule has 1 aromatic heterocycles. The predicted molar refractivity (Wildman–Crippen MR) is 94.9 cm³/mol. The fourth-order valence-electron chi connectivity index (χ4n) is 2.43. The third-order valence-corrected chi connectivity index (χ3v) is 4.80. The number of carboxylic acid groups (broad SMARTS) is 1. The van der Waals surface area contributed by atoms with E-state index in [1.807, 2.05) is 0 Å². The molecule has 0 aliphatic carbocycles. The molecule has 0 saturated heterocycles. The molecule has 0 amide bonds. The van der Waals surface area contributed by atoms with Gasteiger partial charge in [0, 0.05) is 40.5 Å². The van der Waals surface area contributed by atoms with Gasteiger partial charge in [-0.3, -0.25) is 10.1 Å². The van der Waals surface area contributed by atoms with Gasteiger partial charge in [-0.1, -0.05) is 0 Å². The molecule has 0 atom stereocenters. The van der Waals surface area contributed by atoms with E-state index in [-0.39, 0.29) is 12.1 Å². The van der Waals surface area contributed by atoms with E-state index in [2.05, 4.69) is 4.98 Å². The first-order valence-corrected chi connectivity index (χ1v) is 8.38. The maximum atomic E-state index is 11.1. The maximum Gasteiger partial charge on any atom is 0.269 e. The Labute approximate surface area is 152 Å². The highest BCUT2D eigenvalue weighted by atomic mass is 32.1. The summed E-state index contributed by atoms with van der Waals surface area (Å²) >= 11 is 1.23. The molecule has 0 aliphatic heterocycles. The Bertz CT molecular complexity index is 949. The number of nitro benzene ring substituents is 1. The number of benzene rings is 2. The molecular formula is C18H13N2O5S-. The van der Waals surface area contributed by atoms with Gasteiger partial charge in [0.15, 0.2) is 0 Å². The van der Waals surface area contributed by atoms with E-state index < -0.39 is 10.9 Å². The van der Waals surface area contributed by atoms with Crippen LogP contribution in [0.2, 0.25) is 0 Å². The molecule has 132 valence electrons. The second kappa shape index (κ2) is 7.32. The van der Waals surface area contributed by atoms with E-state index >= 15 is 0 Å². The second-order valence-corrected chi connectivity index (χ2v) is 6.46. The van der Waals surface area contributed by atoms with Gasteiger partial charge in [-0.15, -0.1) is 11.3 Å². The number of rotatable bonds is 6. The van der Waals surface area contributed by atoms with Crippen LogP contribution >= 0.6 is 11.3 Å². The molecule has 0 fully saturated rings. The number of methoxy groups -OCH3 is 1. The molecule has 26 heavy (non-hydrogen) atoms. The first-order chi connectivity index (χ1) is 12.5. The zero-order valence-electron chi connectivity index (χ0n) is 13.7. The van der Waals surface area contributed by atoms with Crippen LogP contribution in [-0.4, -0.2) is 23.0 Å². The number of carbonyl (C=O) groups is 1. The molecule has 2 aromatic carbocycles.